The van der Waals surface area contributed by atoms with Crippen molar-refractivity contribution in [3.8, 4) is 11.1 Å². The normalized spacial score (nSPS) is 10.9. The Morgan fingerprint density at radius 1 is 0.966 bits per heavy atom. The molecule has 0 spiro atoms. The molecule has 1 heterocycles. The quantitative estimate of drug-likeness (QED) is 0.378. The fraction of sp³-hybridized carbons (Fsp3) is 0.160. The average molecular weight is 402 g/mol. The number of benzene rings is 3. The molecule has 0 aliphatic rings. The number of nitrogens with one attached hydrogen (secondary N) is 1. The standard InChI is InChI=1S/C25H23NO2S/c1-2-18-8-3-4-10-21(18)22-11-6-12-24-23(22)15-20(29-24)16-26-19-9-5-7-17(13-19)14-25(27)28/h3-13,15,26H,2,14,16H2,1H3,(H,27,28). The lowest BCUT2D eigenvalue weighted by Gasteiger charge is -2.09. The van der Waals surface area contributed by atoms with Crippen LogP contribution in [0.15, 0.2) is 72.8 Å². The Balaban J connectivity index is 1.60. The number of anilines is 1. The first-order chi connectivity index (χ1) is 14.1. The van der Waals surface area contributed by atoms with Gasteiger partial charge >= 0.3 is 5.97 Å². The van der Waals surface area contributed by atoms with Crippen molar-refractivity contribution in [1.29, 1.82) is 0 Å². The van der Waals surface area contributed by atoms with Crippen molar-refractivity contribution in [2.45, 2.75) is 26.3 Å². The average Bonchev–Trinajstić information content (AvgIpc) is 3.15. The molecule has 29 heavy (non-hydrogen) atoms. The Labute approximate surface area is 174 Å². The summed E-state index contributed by atoms with van der Waals surface area (Å²) in [5.41, 5.74) is 5.70. The van der Waals surface area contributed by atoms with Crippen molar-refractivity contribution in [1.82, 2.24) is 0 Å². The van der Waals surface area contributed by atoms with E-state index >= 15 is 0 Å². The lowest BCUT2D eigenvalue weighted by molar-refractivity contribution is -0.136. The summed E-state index contributed by atoms with van der Waals surface area (Å²) < 4.78 is 1.28. The van der Waals surface area contributed by atoms with Gasteiger partial charge in [0.05, 0.1) is 6.42 Å². The van der Waals surface area contributed by atoms with Crippen LogP contribution in [-0.4, -0.2) is 11.1 Å². The maximum absolute atomic E-state index is 10.9. The molecular formula is C25H23NO2S. The van der Waals surface area contributed by atoms with Gasteiger partial charge in [0.25, 0.3) is 0 Å². The van der Waals surface area contributed by atoms with E-state index in [1.165, 1.54) is 31.7 Å². The molecule has 146 valence electrons. The Morgan fingerprint density at radius 2 is 1.76 bits per heavy atom. The largest absolute Gasteiger partial charge is 0.481 e. The lowest BCUT2D eigenvalue weighted by Crippen LogP contribution is -2.02. The van der Waals surface area contributed by atoms with Crippen LogP contribution in [0.4, 0.5) is 5.69 Å². The summed E-state index contributed by atoms with van der Waals surface area (Å²) in [6.45, 7) is 2.91. The Kier molecular flexibility index (Phi) is 5.63. The summed E-state index contributed by atoms with van der Waals surface area (Å²) in [6, 6.07) is 25.0. The fourth-order valence-electron chi connectivity index (χ4n) is 3.68. The van der Waals surface area contributed by atoms with Crippen molar-refractivity contribution in [3.05, 3.63) is 88.8 Å². The highest BCUT2D eigenvalue weighted by molar-refractivity contribution is 7.19. The van der Waals surface area contributed by atoms with Gasteiger partial charge in [-0.3, -0.25) is 4.79 Å². The highest BCUT2D eigenvalue weighted by Gasteiger charge is 2.10. The number of rotatable bonds is 7. The van der Waals surface area contributed by atoms with E-state index < -0.39 is 5.97 Å². The van der Waals surface area contributed by atoms with Crippen molar-refractivity contribution in [3.63, 3.8) is 0 Å². The predicted molar refractivity (Wildman–Crippen MR) is 122 cm³/mol. The van der Waals surface area contributed by atoms with Gasteiger partial charge in [-0.1, -0.05) is 55.5 Å². The highest BCUT2D eigenvalue weighted by atomic mass is 32.1. The van der Waals surface area contributed by atoms with Gasteiger partial charge in [-0.05, 0) is 52.9 Å². The molecule has 0 bridgehead atoms. The Morgan fingerprint density at radius 3 is 2.59 bits per heavy atom. The van der Waals surface area contributed by atoms with Crippen LogP contribution < -0.4 is 5.32 Å². The first-order valence-electron chi connectivity index (χ1n) is 9.78. The van der Waals surface area contributed by atoms with E-state index in [0.29, 0.717) is 6.54 Å². The molecule has 4 aromatic rings. The third kappa shape index (κ3) is 4.33. The van der Waals surface area contributed by atoms with E-state index in [9.17, 15) is 4.79 Å². The minimum atomic E-state index is -0.813. The molecule has 0 amide bonds. The first kappa shape index (κ1) is 19.2. The SMILES string of the molecule is CCc1ccccc1-c1cccc2sc(CNc3cccc(CC(=O)O)c3)cc12. The number of fused-ring (bicyclic) bond motifs is 1. The van der Waals surface area contributed by atoms with Gasteiger partial charge < -0.3 is 10.4 Å². The molecule has 0 atom stereocenters. The van der Waals surface area contributed by atoms with Gasteiger partial charge in [0.2, 0.25) is 0 Å². The van der Waals surface area contributed by atoms with Gasteiger partial charge in [0.1, 0.15) is 0 Å². The first-order valence-corrected chi connectivity index (χ1v) is 10.6. The molecule has 4 rings (SSSR count). The zero-order valence-electron chi connectivity index (χ0n) is 16.3. The van der Waals surface area contributed by atoms with Gasteiger partial charge in [-0.2, -0.15) is 0 Å². The topological polar surface area (TPSA) is 49.3 Å². The van der Waals surface area contributed by atoms with E-state index in [1.807, 2.05) is 24.3 Å². The number of thiophene rings is 1. The number of carboxylic acid groups (broad SMARTS) is 1. The molecule has 3 nitrogen and oxygen atoms in total. The maximum atomic E-state index is 10.9. The molecular weight excluding hydrogens is 378 g/mol. The van der Waals surface area contributed by atoms with Gasteiger partial charge in [0.15, 0.2) is 0 Å². The molecule has 0 radical (unpaired) electrons. The number of hydrogen-bond acceptors (Lipinski definition) is 3. The number of carboxylic acids is 1. The summed E-state index contributed by atoms with van der Waals surface area (Å²) in [7, 11) is 0. The van der Waals surface area contributed by atoms with Gasteiger partial charge in [0, 0.05) is 27.2 Å². The van der Waals surface area contributed by atoms with Gasteiger partial charge in [-0.15, -0.1) is 11.3 Å². The molecule has 2 N–H and O–H groups in total. The maximum Gasteiger partial charge on any atom is 0.307 e. The van der Waals surface area contributed by atoms with E-state index in [1.54, 1.807) is 11.3 Å². The van der Waals surface area contributed by atoms with Gasteiger partial charge in [-0.25, -0.2) is 0 Å². The van der Waals surface area contributed by atoms with Crippen molar-refractivity contribution in [2.24, 2.45) is 0 Å². The summed E-state index contributed by atoms with van der Waals surface area (Å²) >= 11 is 1.80. The Bertz CT molecular complexity index is 1160. The zero-order valence-corrected chi connectivity index (χ0v) is 17.1. The molecule has 4 heteroatoms. The smallest absolute Gasteiger partial charge is 0.307 e. The van der Waals surface area contributed by atoms with Crippen molar-refractivity contribution >= 4 is 33.1 Å². The van der Waals surface area contributed by atoms with Crippen molar-refractivity contribution < 1.29 is 9.90 Å². The lowest BCUT2D eigenvalue weighted by atomic mass is 9.96. The minimum absolute atomic E-state index is 0.0403. The molecule has 1 aromatic heterocycles. The highest BCUT2D eigenvalue weighted by Crippen LogP contribution is 2.36. The molecule has 0 aliphatic carbocycles. The molecule has 0 saturated heterocycles. The van der Waals surface area contributed by atoms with E-state index in [-0.39, 0.29) is 6.42 Å². The second kappa shape index (κ2) is 8.50. The fourth-order valence-corrected chi connectivity index (χ4v) is 4.71. The summed E-state index contributed by atoms with van der Waals surface area (Å²) in [5.74, 6) is -0.813. The second-order valence-corrected chi connectivity index (χ2v) is 8.23. The Hall–Kier alpha value is -3.11. The third-order valence-corrected chi connectivity index (χ3v) is 6.15. The van der Waals surface area contributed by atoms with Crippen LogP contribution in [0.2, 0.25) is 0 Å². The van der Waals surface area contributed by atoms with E-state index in [2.05, 4.69) is 60.8 Å². The van der Waals surface area contributed by atoms with E-state index in [4.69, 9.17) is 5.11 Å². The van der Waals surface area contributed by atoms with Crippen LogP contribution in [0.3, 0.4) is 0 Å². The molecule has 3 aromatic carbocycles. The molecule has 0 fully saturated rings. The summed E-state index contributed by atoms with van der Waals surface area (Å²) in [4.78, 5) is 12.2. The zero-order chi connectivity index (χ0) is 20.2. The molecule has 0 unspecified atom stereocenters. The second-order valence-electron chi connectivity index (χ2n) is 7.07. The number of carbonyl (C=O) groups is 1. The minimum Gasteiger partial charge on any atom is -0.481 e. The number of aliphatic carboxylic acids is 1. The molecule has 0 aliphatic heterocycles. The van der Waals surface area contributed by atoms with Crippen LogP contribution >= 0.6 is 11.3 Å². The summed E-state index contributed by atoms with van der Waals surface area (Å²) in [5, 5.41) is 13.7. The molecule has 0 saturated carbocycles. The van der Waals surface area contributed by atoms with E-state index in [0.717, 1.165) is 17.7 Å². The van der Waals surface area contributed by atoms with Crippen LogP contribution in [0.25, 0.3) is 21.2 Å². The number of aryl methyl sites for hydroxylation is 1. The van der Waals surface area contributed by atoms with Crippen LogP contribution in [0, 0.1) is 0 Å². The summed E-state index contributed by atoms with van der Waals surface area (Å²) in [6.07, 6.45) is 1.05. The third-order valence-electron chi connectivity index (χ3n) is 5.05. The monoisotopic (exact) mass is 401 g/mol. The number of hydrogen-bond donors (Lipinski definition) is 2. The van der Waals surface area contributed by atoms with Crippen molar-refractivity contribution in [2.75, 3.05) is 5.32 Å². The van der Waals surface area contributed by atoms with Crippen LogP contribution in [-0.2, 0) is 24.2 Å². The van der Waals surface area contributed by atoms with Crippen LogP contribution in [0.5, 0.6) is 0 Å². The van der Waals surface area contributed by atoms with Crippen LogP contribution in [0.1, 0.15) is 22.9 Å². The predicted octanol–water partition coefficient (Wildman–Crippen LogP) is 6.37.